The number of nitro benzene ring substituents is 2. The molecule has 0 saturated heterocycles. The van der Waals surface area contributed by atoms with Crippen molar-refractivity contribution in [3.05, 3.63) is 86.2 Å². The van der Waals surface area contributed by atoms with Crippen molar-refractivity contribution in [3.8, 4) is 18.0 Å². The molecule has 53 heavy (non-hydrogen) atoms. The highest BCUT2D eigenvalue weighted by atomic mass is 31.2. The van der Waals surface area contributed by atoms with Gasteiger partial charge in [0.05, 0.1) is 55.1 Å². The third kappa shape index (κ3) is 12.1. The summed E-state index contributed by atoms with van der Waals surface area (Å²) in [5, 5.41) is 33.8. The number of carbonyl (C=O) groups excluding carboxylic acids is 1. The predicted octanol–water partition coefficient (Wildman–Crippen LogP) is 5.29. The summed E-state index contributed by atoms with van der Waals surface area (Å²) in [5.41, 5.74) is 2.19. The first-order valence-corrected chi connectivity index (χ1v) is 18.0. The number of hydrogen-bond donors (Lipinski definition) is 1. The maximum Gasteiger partial charge on any atom is 0.321 e. The molecule has 19 heteroatoms. The number of aromatic nitrogens is 4. The molecule has 1 amide bonds. The van der Waals surface area contributed by atoms with Crippen LogP contribution in [0.25, 0.3) is 11.2 Å². The average molecular weight is 752 g/mol. The van der Waals surface area contributed by atoms with Crippen molar-refractivity contribution in [1.82, 2.24) is 29.5 Å². The van der Waals surface area contributed by atoms with Crippen molar-refractivity contribution in [2.24, 2.45) is 0 Å². The molecule has 1 atom stereocenters. The fourth-order valence-corrected chi connectivity index (χ4v) is 6.70. The molecule has 0 aliphatic rings. The van der Waals surface area contributed by atoms with Gasteiger partial charge >= 0.3 is 6.01 Å². The van der Waals surface area contributed by atoms with E-state index in [0.29, 0.717) is 24.0 Å². The minimum absolute atomic E-state index is 0.0141. The lowest BCUT2D eigenvalue weighted by Gasteiger charge is -2.35. The summed E-state index contributed by atoms with van der Waals surface area (Å²) in [7, 11) is -1.45. The minimum Gasteiger partial charge on any atom is -0.476 e. The molecule has 0 bridgehead atoms. The summed E-state index contributed by atoms with van der Waals surface area (Å²) in [6, 6.07) is 14.6. The quantitative estimate of drug-likeness (QED) is 0.0466. The lowest BCUT2D eigenvalue weighted by molar-refractivity contribution is -0.385. The van der Waals surface area contributed by atoms with Crippen LogP contribution in [-0.4, -0.2) is 85.0 Å². The van der Waals surface area contributed by atoms with E-state index in [1.165, 1.54) is 35.2 Å². The highest BCUT2D eigenvalue weighted by Crippen LogP contribution is 2.45. The zero-order valence-electron chi connectivity index (χ0n) is 29.9. The lowest BCUT2D eigenvalue weighted by Crippen LogP contribution is -2.35. The molecule has 0 radical (unpaired) electrons. The number of nitriles is 1. The van der Waals surface area contributed by atoms with Crippen LogP contribution in [0.3, 0.4) is 0 Å². The van der Waals surface area contributed by atoms with E-state index in [4.69, 9.17) is 23.8 Å². The highest BCUT2D eigenvalue weighted by molar-refractivity contribution is 7.44. The van der Waals surface area contributed by atoms with Crippen molar-refractivity contribution >= 4 is 37.0 Å². The minimum atomic E-state index is -1.45. The van der Waals surface area contributed by atoms with Gasteiger partial charge < -0.3 is 28.4 Å². The second-order valence-electron chi connectivity index (χ2n) is 12.1. The number of hydrogen-bond acceptors (Lipinski definition) is 14. The molecule has 2 aromatic carbocycles. The number of rotatable bonds is 22. The average Bonchev–Trinajstić information content (AvgIpc) is 3.52. The first kappa shape index (κ1) is 40.4. The van der Waals surface area contributed by atoms with Gasteiger partial charge in [-0.05, 0) is 38.8 Å². The third-order valence-corrected chi connectivity index (χ3v) is 9.67. The number of ether oxygens (including phenoxy) is 2. The summed E-state index contributed by atoms with van der Waals surface area (Å²) in [4.78, 5) is 47.4. The van der Waals surface area contributed by atoms with Crippen LogP contribution in [-0.2, 0) is 33.2 Å². The Bertz CT molecular complexity index is 1860. The summed E-state index contributed by atoms with van der Waals surface area (Å²) >= 11 is 0. The van der Waals surface area contributed by atoms with Gasteiger partial charge in [0.1, 0.15) is 6.54 Å². The van der Waals surface area contributed by atoms with Crippen molar-refractivity contribution in [2.45, 2.75) is 65.6 Å². The van der Waals surface area contributed by atoms with E-state index in [-0.39, 0.29) is 87.2 Å². The Morgan fingerprint density at radius 2 is 1.45 bits per heavy atom. The molecule has 2 aromatic heterocycles. The Morgan fingerprint density at radius 3 is 2.00 bits per heavy atom. The predicted molar refractivity (Wildman–Crippen MR) is 194 cm³/mol. The number of amides is 1. The molecule has 0 spiro atoms. The zero-order chi connectivity index (χ0) is 38.3. The van der Waals surface area contributed by atoms with Crippen LogP contribution in [0.5, 0.6) is 11.9 Å². The molecule has 0 saturated carbocycles. The number of non-ortho nitro benzene ring substituents is 2. The molecule has 0 fully saturated rings. The molecule has 4 rings (SSSR count). The van der Waals surface area contributed by atoms with E-state index in [1.54, 1.807) is 24.3 Å². The van der Waals surface area contributed by atoms with Crippen LogP contribution in [0.15, 0.2) is 54.9 Å². The van der Waals surface area contributed by atoms with Gasteiger partial charge in [-0.2, -0.15) is 15.2 Å². The van der Waals surface area contributed by atoms with Crippen molar-refractivity contribution in [2.75, 3.05) is 33.0 Å². The number of imidazole rings is 1. The van der Waals surface area contributed by atoms with Gasteiger partial charge in [0.25, 0.3) is 19.9 Å². The molecular weight excluding hydrogens is 709 g/mol. The molecule has 0 aliphatic heterocycles. The van der Waals surface area contributed by atoms with Crippen LogP contribution < -0.4 is 14.8 Å². The SMILES string of the molecule is CC(C)N(C(C)C)P(OCCC#N)OCCNC(=O)Cn1cnc2c(OCCc3ccc([N+](=O)[O-])cc3)nc(OCCc3ccc([N+](=O)[O-])cc3)nc21. The number of nitrogens with one attached hydrogen (secondary N) is 1. The highest BCUT2D eigenvalue weighted by Gasteiger charge is 2.27. The van der Waals surface area contributed by atoms with Gasteiger partial charge in [0.2, 0.25) is 11.8 Å². The Labute approximate surface area is 307 Å². The van der Waals surface area contributed by atoms with Gasteiger partial charge in [0, 0.05) is 55.7 Å². The molecule has 1 N–H and O–H groups in total. The normalized spacial score (nSPS) is 11.9. The molecule has 4 aromatic rings. The van der Waals surface area contributed by atoms with Crippen LogP contribution in [0.2, 0.25) is 0 Å². The number of carbonyl (C=O) groups is 1. The fourth-order valence-electron chi connectivity index (χ4n) is 5.11. The molecule has 1 unspecified atom stereocenters. The number of nitrogens with zero attached hydrogens (tertiary/aromatic N) is 8. The lowest BCUT2D eigenvalue weighted by atomic mass is 10.1. The van der Waals surface area contributed by atoms with Gasteiger partial charge in [-0.3, -0.25) is 25.0 Å². The molecule has 2 heterocycles. The summed E-state index contributed by atoms with van der Waals surface area (Å²) in [6.07, 6.45) is 2.52. The number of fused-ring (bicyclic) bond motifs is 1. The monoisotopic (exact) mass is 751 g/mol. The van der Waals surface area contributed by atoms with Crippen molar-refractivity contribution in [3.63, 3.8) is 0 Å². The first-order chi connectivity index (χ1) is 25.5. The van der Waals surface area contributed by atoms with Crippen LogP contribution in [0, 0.1) is 31.6 Å². The molecule has 282 valence electrons. The molecule has 18 nitrogen and oxygen atoms in total. The van der Waals surface area contributed by atoms with E-state index < -0.39 is 18.4 Å². The van der Waals surface area contributed by atoms with Gasteiger partial charge in [-0.15, -0.1) is 0 Å². The van der Waals surface area contributed by atoms with E-state index >= 15 is 0 Å². The maximum atomic E-state index is 13.0. The Hall–Kier alpha value is -5.34. The Morgan fingerprint density at radius 1 is 0.887 bits per heavy atom. The Kier molecular flexibility index (Phi) is 15.3. The molecule has 0 aliphatic carbocycles. The van der Waals surface area contributed by atoms with Gasteiger partial charge in [-0.25, -0.2) is 9.65 Å². The summed E-state index contributed by atoms with van der Waals surface area (Å²) < 4.78 is 27.4. The fraction of sp³-hybridized carbons (Fsp3) is 0.441. The van der Waals surface area contributed by atoms with E-state index in [9.17, 15) is 25.0 Å². The number of benzene rings is 2. The largest absolute Gasteiger partial charge is 0.476 e. The topological polar surface area (TPSA) is 223 Å². The van der Waals surface area contributed by atoms with Crippen LogP contribution in [0.1, 0.15) is 45.2 Å². The summed E-state index contributed by atoms with van der Waals surface area (Å²) in [5.74, 6) is -0.202. The van der Waals surface area contributed by atoms with Crippen molar-refractivity contribution < 1.29 is 33.2 Å². The maximum absolute atomic E-state index is 13.0. The van der Waals surface area contributed by atoms with Gasteiger partial charge in [0.15, 0.2) is 11.2 Å². The summed E-state index contributed by atoms with van der Waals surface area (Å²) in [6.45, 7) is 8.97. The second-order valence-corrected chi connectivity index (χ2v) is 13.6. The van der Waals surface area contributed by atoms with E-state index in [2.05, 4.69) is 31.0 Å². The van der Waals surface area contributed by atoms with Crippen molar-refractivity contribution in [1.29, 1.82) is 5.26 Å². The second kappa shape index (κ2) is 20.0. The Balaban J connectivity index is 1.43. The molecular formula is C34H42N9O9P. The third-order valence-electron chi connectivity index (χ3n) is 7.56. The first-order valence-electron chi connectivity index (χ1n) is 16.9. The van der Waals surface area contributed by atoms with Crippen LogP contribution in [0.4, 0.5) is 11.4 Å². The van der Waals surface area contributed by atoms with Gasteiger partial charge in [-0.1, -0.05) is 24.3 Å². The smallest absolute Gasteiger partial charge is 0.321 e. The van der Waals surface area contributed by atoms with Crippen LogP contribution >= 0.6 is 8.53 Å². The standard InChI is InChI=1S/C34H42N9O9P/c1-24(2)41(25(3)4)53(51-18-5-16-35)52-21-17-36-30(44)22-40-23-37-31-32(40)38-34(50-20-15-27-8-12-29(13-9-27)43(47)48)39-33(31)49-19-14-26-6-10-28(11-7-26)42(45)46/h6-13,23-25H,5,14-15,17-22H2,1-4H3,(H,36,44). The number of nitro groups is 2. The zero-order valence-corrected chi connectivity index (χ0v) is 30.8. The van der Waals surface area contributed by atoms with E-state index in [0.717, 1.165) is 11.1 Å². The van der Waals surface area contributed by atoms with E-state index in [1.807, 2.05) is 27.7 Å².